The molecular formula is C20H20N2O3. The van der Waals surface area contributed by atoms with Crippen LogP contribution in [-0.4, -0.2) is 17.6 Å². The molecule has 0 atom stereocenters. The predicted octanol–water partition coefficient (Wildman–Crippen LogP) is 3.72. The average molecular weight is 336 g/mol. The fourth-order valence-electron chi connectivity index (χ4n) is 2.18. The lowest BCUT2D eigenvalue weighted by Crippen LogP contribution is -2.16. The van der Waals surface area contributed by atoms with Crippen LogP contribution in [0.3, 0.4) is 0 Å². The summed E-state index contributed by atoms with van der Waals surface area (Å²) in [4.78, 5) is 35.4. The number of carbonyl (C=O) groups excluding carboxylic acids is 3. The first-order valence-electron chi connectivity index (χ1n) is 7.83. The molecule has 0 aliphatic carbocycles. The molecule has 0 radical (unpaired) electrons. The number of nitrogens with one attached hydrogen (secondary N) is 2. The van der Waals surface area contributed by atoms with Gasteiger partial charge in [-0.2, -0.15) is 0 Å². The SMILES string of the molecule is CC(=O)c1ccc(NC(=O)/C(C)=C\C(=O)Nc2cccc(C)c2)cc1. The third-order valence-electron chi connectivity index (χ3n) is 3.54. The number of benzene rings is 2. The van der Waals surface area contributed by atoms with Gasteiger partial charge in [0.25, 0.3) is 5.91 Å². The lowest BCUT2D eigenvalue weighted by molar-refractivity contribution is -0.114. The Hall–Kier alpha value is -3.21. The van der Waals surface area contributed by atoms with Gasteiger partial charge in [-0.1, -0.05) is 12.1 Å². The van der Waals surface area contributed by atoms with Crippen molar-refractivity contribution in [2.45, 2.75) is 20.8 Å². The molecule has 0 aliphatic heterocycles. The van der Waals surface area contributed by atoms with Crippen LogP contribution in [0.1, 0.15) is 29.8 Å². The first-order valence-corrected chi connectivity index (χ1v) is 7.83. The van der Waals surface area contributed by atoms with Crippen LogP contribution in [0.2, 0.25) is 0 Å². The van der Waals surface area contributed by atoms with E-state index in [0.717, 1.165) is 5.56 Å². The van der Waals surface area contributed by atoms with Gasteiger partial charge in [0.15, 0.2) is 5.78 Å². The van der Waals surface area contributed by atoms with E-state index < -0.39 is 0 Å². The van der Waals surface area contributed by atoms with E-state index in [9.17, 15) is 14.4 Å². The van der Waals surface area contributed by atoms with E-state index in [1.54, 1.807) is 37.3 Å². The van der Waals surface area contributed by atoms with Crippen molar-refractivity contribution in [2.75, 3.05) is 10.6 Å². The lowest BCUT2D eigenvalue weighted by atomic mass is 10.1. The van der Waals surface area contributed by atoms with E-state index in [1.807, 2.05) is 25.1 Å². The highest BCUT2D eigenvalue weighted by Gasteiger charge is 2.08. The zero-order valence-electron chi connectivity index (χ0n) is 14.4. The van der Waals surface area contributed by atoms with Gasteiger partial charge in [0.2, 0.25) is 5.91 Å². The fraction of sp³-hybridized carbons (Fsp3) is 0.150. The monoisotopic (exact) mass is 336 g/mol. The van der Waals surface area contributed by atoms with Gasteiger partial charge in [-0.15, -0.1) is 0 Å². The highest BCUT2D eigenvalue weighted by atomic mass is 16.2. The second-order valence-corrected chi connectivity index (χ2v) is 5.77. The van der Waals surface area contributed by atoms with Gasteiger partial charge in [0.05, 0.1) is 0 Å². The molecule has 0 bridgehead atoms. The van der Waals surface area contributed by atoms with Gasteiger partial charge >= 0.3 is 0 Å². The summed E-state index contributed by atoms with van der Waals surface area (Å²) in [5.41, 5.74) is 3.12. The molecule has 2 aromatic carbocycles. The first kappa shape index (κ1) is 18.1. The number of hydrogen-bond acceptors (Lipinski definition) is 3. The summed E-state index contributed by atoms with van der Waals surface area (Å²) in [5, 5.41) is 5.41. The van der Waals surface area contributed by atoms with Crippen LogP contribution >= 0.6 is 0 Å². The average Bonchev–Trinajstić information content (AvgIpc) is 2.55. The van der Waals surface area contributed by atoms with Crippen molar-refractivity contribution < 1.29 is 14.4 Å². The second-order valence-electron chi connectivity index (χ2n) is 5.77. The molecule has 0 saturated heterocycles. The molecule has 0 saturated carbocycles. The number of ketones is 1. The van der Waals surface area contributed by atoms with Gasteiger partial charge in [-0.05, 0) is 62.7 Å². The second kappa shape index (κ2) is 8.06. The van der Waals surface area contributed by atoms with Crippen molar-refractivity contribution in [2.24, 2.45) is 0 Å². The number of carbonyl (C=O) groups is 3. The summed E-state index contributed by atoms with van der Waals surface area (Å²) in [6, 6.07) is 14.0. The Kier molecular flexibility index (Phi) is 5.84. The van der Waals surface area contributed by atoms with Crippen molar-refractivity contribution in [3.05, 3.63) is 71.3 Å². The summed E-state index contributed by atoms with van der Waals surface area (Å²) >= 11 is 0. The molecule has 2 aromatic rings. The van der Waals surface area contributed by atoms with Crippen molar-refractivity contribution in [3.8, 4) is 0 Å². The molecule has 5 nitrogen and oxygen atoms in total. The molecule has 2 N–H and O–H groups in total. The third-order valence-corrected chi connectivity index (χ3v) is 3.54. The molecule has 0 spiro atoms. The molecule has 0 aliphatic rings. The van der Waals surface area contributed by atoms with Crippen LogP contribution in [-0.2, 0) is 9.59 Å². The minimum atomic E-state index is -0.380. The summed E-state index contributed by atoms with van der Waals surface area (Å²) < 4.78 is 0. The number of rotatable bonds is 5. The van der Waals surface area contributed by atoms with Gasteiger partial charge in [0, 0.05) is 28.6 Å². The third kappa shape index (κ3) is 5.42. The lowest BCUT2D eigenvalue weighted by Gasteiger charge is -2.07. The Morgan fingerprint density at radius 2 is 1.56 bits per heavy atom. The van der Waals surface area contributed by atoms with Gasteiger partial charge < -0.3 is 10.6 Å². The molecule has 25 heavy (non-hydrogen) atoms. The maximum atomic E-state index is 12.1. The minimum absolute atomic E-state index is 0.0400. The van der Waals surface area contributed by atoms with Crippen LogP contribution < -0.4 is 10.6 Å². The maximum Gasteiger partial charge on any atom is 0.251 e. The molecule has 0 heterocycles. The van der Waals surface area contributed by atoms with Crippen LogP contribution in [0, 0.1) is 6.92 Å². The molecule has 0 fully saturated rings. The number of amides is 2. The Morgan fingerprint density at radius 3 is 2.16 bits per heavy atom. The van der Waals surface area contributed by atoms with Crippen LogP contribution in [0.25, 0.3) is 0 Å². The van der Waals surface area contributed by atoms with Crippen molar-refractivity contribution >= 4 is 29.0 Å². The Morgan fingerprint density at radius 1 is 0.880 bits per heavy atom. The van der Waals surface area contributed by atoms with Gasteiger partial charge in [0.1, 0.15) is 0 Å². The number of anilines is 2. The molecule has 0 aromatic heterocycles. The maximum absolute atomic E-state index is 12.1. The fourth-order valence-corrected chi connectivity index (χ4v) is 2.18. The van der Waals surface area contributed by atoms with Crippen LogP contribution in [0.5, 0.6) is 0 Å². The van der Waals surface area contributed by atoms with Crippen molar-refractivity contribution in [3.63, 3.8) is 0 Å². The Bertz CT molecular complexity index is 836. The minimum Gasteiger partial charge on any atom is -0.322 e. The van der Waals surface area contributed by atoms with Crippen molar-refractivity contribution in [1.29, 1.82) is 0 Å². The number of hydrogen-bond donors (Lipinski definition) is 2. The van der Waals surface area contributed by atoms with Gasteiger partial charge in [-0.25, -0.2) is 0 Å². The largest absolute Gasteiger partial charge is 0.322 e. The standard InChI is InChI=1S/C20H20N2O3/c1-13-5-4-6-18(11-13)21-19(24)12-14(2)20(25)22-17-9-7-16(8-10-17)15(3)23/h4-12H,1-3H3,(H,21,24)(H,22,25)/b14-12-. The quantitative estimate of drug-likeness (QED) is 0.645. The molecule has 2 rings (SSSR count). The Labute approximate surface area is 146 Å². The molecule has 5 heteroatoms. The van der Waals surface area contributed by atoms with Crippen LogP contribution in [0.15, 0.2) is 60.2 Å². The predicted molar refractivity (Wildman–Crippen MR) is 98.6 cm³/mol. The molecule has 128 valence electrons. The number of Topliss-reactive ketones (excluding diaryl/α,β-unsaturated/α-hetero) is 1. The van der Waals surface area contributed by atoms with E-state index in [4.69, 9.17) is 0 Å². The van der Waals surface area contributed by atoms with E-state index in [1.165, 1.54) is 13.0 Å². The highest BCUT2D eigenvalue weighted by molar-refractivity contribution is 6.10. The topological polar surface area (TPSA) is 75.3 Å². The summed E-state index contributed by atoms with van der Waals surface area (Å²) in [5.74, 6) is -0.790. The molecule has 2 amide bonds. The van der Waals surface area contributed by atoms with E-state index in [2.05, 4.69) is 10.6 Å². The first-order chi connectivity index (χ1) is 11.8. The highest BCUT2D eigenvalue weighted by Crippen LogP contribution is 2.12. The molecule has 0 unspecified atom stereocenters. The van der Waals surface area contributed by atoms with Crippen LogP contribution in [0.4, 0.5) is 11.4 Å². The normalized spacial score (nSPS) is 10.9. The smallest absolute Gasteiger partial charge is 0.251 e. The zero-order chi connectivity index (χ0) is 18.4. The van der Waals surface area contributed by atoms with Crippen molar-refractivity contribution in [1.82, 2.24) is 0 Å². The van der Waals surface area contributed by atoms with E-state index >= 15 is 0 Å². The molecular weight excluding hydrogens is 316 g/mol. The zero-order valence-corrected chi connectivity index (χ0v) is 14.4. The number of aryl methyl sites for hydroxylation is 1. The summed E-state index contributed by atoms with van der Waals surface area (Å²) in [6.07, 6.45) is 1.25. The summed E-state index contributed by atoms with van der Waals surface area (Å²) in [7, 11) is 0. The summed E-state index contributed by atoms with van der Waals surface area (Å²) in [6.45, 7) is 4.98. The van der Waals surface area contributed by atoms with Gasteiger partial charge in [-0.3, -0.25) is 14.4 Å². The Balaban J connectivity index is 1.99. The van der Waals surface area contributed by atoms with E-state index in [0.29, 0.717) is 16.9 Å². The van der Waals surface area contributed by atoms with E-state index in [-0.39, 0.29) is 23.2 Å².